The Hall–Kier alpha value is -0.600. The molecular formula is C14H19ClFN. The van der Waals surface area contributed by atoms with Gasteiger partial charge in [0.05, 0.1) is 5.02 Å². The van der Waals surface area contributed by atoms with Crippen LogP contribution in [0.1, 0.15) is 38.2 Å². The lowest BCUT2D eigenvalue weighted by Gasteiger charge is -2.27. The minimum atomic E-state index is -0.331. The number of hydrogen-bond acceptors (Lipinski definition) is 1. The quantitative estimate of drug-likeness (QED) is 0.856. The zero-order valence-corrected chi connectivity index (χ0v) is 10.9. The molecule has 0 heterocycles. The number of nitrogens with one attached hydrogen (secondary N) is 1. The van der Waals surface area contributed by atoms with Gasteiger partial charge in [0.1, 0.15) is 5.82 Å². The fraction of sp³-hybridized carbons (Fsp3) is 0.571. The minimum Gasteiger partial charge on any atom is -0.310 e. The first-order valence-electron chi connectivity index (χ1n) is 6.33. The van der Waals surface area contributed by atoms with E-state index < -0.39 is 0 Å². The van der Waals surface area contributed by atoms with Crippen LogP contribution >= 0.6 is 11.6 Å². The third-order valence-electron chi connectivity index (χ3n) is 3.55. The predicted molar refractivity (Wildman–Crippen MR) is 69.7 cm³/mol. The molecule has 17 heavy (non-hydrogen) atoms. The molecule has 1 aliphatic carbocycles. The lowest BCUT2D eigenvalue weighted by atomic mass is 9.87. The summed E-state index contributed by atoms with van der Waals surface area (Å²) < 4.78 is 13.2. The van der Waals surface area contributed by atoms with Gasteiger partial charge in [-0.05, 0) is 30.4 Å². The van der Waals surface area contributed by atoms with Crippen molar-refractivity contribution in [1.82, 2.24) is 5.32 Å². The topological polar surface area (TPSA) is 12.0 Å². The summed E-state index contributed by atoms with van der Waals surface area (Å²) in [6.07, 6.45) is 5.05. The molecule has 1 N–H and O–H groups in total. The van der Waals surface area contributed by atoms with Gasteiger partial charge >= 0.3 is 0 Å². The summed E-state index contributed by atoms with van der Waals surface area (Å²) in [7, 11) is 0. The average Bonchev–Trinajstić information content (AvgIpc) is 2.31. The standard InChI is InChI=1S/C14H19ClFN/c1-10-4-2-6-12(8-10)17-9-11-5-3-7-13(16)14(11)15/h3,5,7,10,12,17H,2,4,6,8-9H2,1H3. The molecule has 1 aliphatic rings. The van der Waals surface area contributed by atoms with Crippen molar-refractivity contribution in [2.45, 2.75) is 45.2 Å². The van der Waals surface area contributed by atoms with Gasteiger partial charge in [0.15, 0.2) is 0 Å². The van der Waals surface area contributed by atoms with E-state index in [2.05, 4.69) is 12.2 Å². The van der Waals surface area contributed by atoms with Gasteiger partial charge in [0, 0.05) is 12.6 Å². The molecular weight excluding hydrogens is 237 g/mol. The fourth-order valence-electron chi connectivity index (χ4n) is 2.56. The van der Waals surface area contributed by atoms with Gasteiger partial charge in [-0.25, -0.2) is 4.39 Å². The normalized spacial score (nSPS) is 24.9. The van der Waals surface area contributed by atoms with Crippen molar-refractivity contribution < 1.29 is 4.39 Å². The van der Waals surface area contributed by atoms with Crippen molar-refractivity contribution in [2.75, 3.05) is 0 Å². The molecule has 0 amide bonds. The van der Waals surface area contributed by atoms with Crippen molar-refractivity contribution in [1.29, 1.82) is 0 Å². The molecule has 3 heteroatoms. The second kappa shape index (κ2) is 5.83. The van der Waals surface area contributed by atoms with Crippen molar-refractivity contribution in [3.8, 4) is 0 Å². The van der Waals surface area contributed by atoms with E-state index >= 15 is 0 Å². The molecule has 2 atom stereocenters. The van der Waals surface area contributed by atoms with Crippen LogP contribution in [0.15, 0.2) is 18.2 Å². The highest BCUT2D eigenvalue weighted by atomic mass is 35.5. The summed E-state index contributed by atoms with van der Waals surface area (Å²) in [5.41, 5.74) is 0.852. The van der Waals surface area contributed by atoms with Gasteiger partial charge in [-0.15, -0.1) is 0 Å². The minimum absolute atomic E-state index is 0.254. The molecule has 1 aromatic rings. The summed E-state index contributed by atoms with van der Waals surface area (Å²) in [6, 6.07) is 5.54. The first-order valence-corrected chi connectivity index (χ1v) is 6.71. The largest absolute Gasteiger partial charge is 0.310 e. The molecule has 0 aliphatic heterocycles. The van der Waals surface area contributed by atoms with Gasteiger partial charge in [-0.1, -0.05) is 43.5 Å². The average molecular weight is 256 g/mol. The molecule has 0 saturated heterocycles. The maximum Gasteiger partial charge on any atom is 0.142 e. The Labute approximate surface area is 107 Å². The van der Waals surface area contributed by atoms with Gasteiger partial charge in [-0.2, -0.15) is 0 Å². The summed E-state index contributed by atoms with van der Waals surface area (Å²) in [5, 5.41) is 3.74. The highest BCUT2D eigenvalue weighted by Crippen LogP contribution is 2.25. The Bertz CT molecular complexity index is 380. The Kier molecular flexibility index (Phi) is 4.41. The van der Waals surface area contributed by atoms with E-state index in [-0.39, 0.29) is 10.8 Å². The molecule has 1 fully saturated rings. The monoisotopic (exact) mass is 255 g/mol. The van der Waals surface area contributed by atoms with Gasteiger partial charge in [0.25, 0.3) is 0 Å². The van der Waals surface area contributed by atoms with Crippen LogP contribution in [-0.2, 0) is 6.54 Å². The SMILES string of the molecule is CC1CCCC(NCc2cccc(F)c2Cl)C1. The van der Waals surface area contributed by atoms with E-state index in [0.717, 1.165) is 11.5 Å². The van der Waals surface area contributed by atoms with E-state index in [1.807, 2.05) is 6.07 Å². The van der Waals surface area contributed by atoms with Crippen LogP contribution in [-0.4, -0.2) is 6.04 Å². The Morgan fingerprint density at radius 2 is 2.24 bits per heavy atom. The number of hydrogen-bond donors (Lipinski definition) is 1. The zero-order chi connectivity index (χ0) is 12.3. The third-order valence-corrected chi connectivity index (χ3v) is 3.97. The second-order valence-corrected chi connectivity index (χ2v) is 5.44. The van der Waals surface area contributed by atoms with Crippen molar-refractivity contribution in [2.24, 2.45) is 5.92 Å². The zero-order valence-electron chi connectivity index (χ0n) is 10.2. The molecule has 0 spiro atoms. The molecule has 1 nitrogen and oxygen atoms in total. The van der Waals surface area contributed by atoms with Crippen molar-refractivity contribution >= 4 is 11.6 Å². The van der Waals surface area contributed by atoms with Crippen LogP contribution in [0, 0.1) is 11.7 Å². The van der Waals surface area contributed by atoms with Crippen LogP contribution in [0.3, 0.4) is 0 Å². The number of benzene rings is 1. The van der Waals surface area contributed by atoms with Crippen LogP contribution in [0.5, 0.6) is 0 Å². The summed E-state index contributed by atoms with van der Waals surface area (Å²) in [4.78, 5) is 0. The third kappa shape index (κ3) is 3.43. The molecule has 0 radical (unpaired) electrons. The van der Waals surface area contributed by atoms with Gasteiger partial charge in [-0.3, -0.25) is 0 Å². The summed E-state index contributed by atoms with van der Waals surface area (Å²) in [5.74, 6) is 0.465. The van der Waals surface area contributed by atoms with E-state index in [1.54, 1.807) is 6.07 Å². The number of halogens is 2. The second-order valence-electron chi connectivity index (χ2n) is 5.06. The van der Waals surface area contributed by atoms with Crippen LogP contribution < -0.4 is 5.32 Å². The molecule has 0 bridgehead atoms. The maximum atomic E-state index is 13.2. The molecule has 1 saturated carbocycles. The van der Waals surface area contributed by atoms with Gasteiger partial charge in [0.2, 0.25) is 0 Å². The van der Waals surface area contributed by atoms with E-state index in [9.17, 15) is 4.39 Å². The first-order chi connectivity index (χ1) is 8.16. The first kappa shape index (κ1) is 12.8. The Balaban J connectivity index is 1.91. The summed E-state index contributed by atoms with van der Waals surface area (Å²) in [6.45, 7) is 2.96. The highest BCUT2D eigenvalue weighted by Gasteiger charge is 2.18. The number of rotatable bonds is 3. The van der Waals surface area contributed by atoms with E-state index in [4.69, 9.17) is 11.6 Å². The fourth-order valence-corrected chi connectivity index (χ4v) is 2.75. The van der Waals surface area contributed by atoms with Gasteiger partial charge < -0.3 is 5.32 Å². The molecule has 94 valence electrons. The lowest BCUT2D eigenvalue weighted by molar-refractivity contribution is 0.300. The van der Waals surface area contributed by atoms with Crippen LogP contribution in [0.2, 0.25) is 5.02 Å². The molecule has 2 unspecified atom stereocenters. The van der Waals surface area contributed by atoms with Crippen LogP contribution in [0.25, 0.3) is 0 Å². The van der Waals surface area contributed by atoms with Crippen LogP contribution in [0.4, 0.5) is 4.39 Å². The lowest BCUT2D eigenvalue weighted by Crippen LogP contribution is -2.33. The Morgan fingerprint density at radius 1 is 1.41 bits per heavy atom. The smallest absolute Gasteiger partial charge is 0.142 e. The Morgan fingerprint density at radius 3 is 3.00 bits per heavy atom. The predicted octanol–water partition coefficient (Wildman–Crippen LogP) is 4.15. The van der Waals surface area contributed by atoms with E-state index in [0.29, 0.717) is 12.6 Å². The molecule has 2 rings (SSSR count). The van der Waals surface area contributed by atoms with Crippen molar-refractivity contribution in [3.05, 3.63) is 34.6 Å². The summed E-state index contributed by atoms with van der Waals surface area (Å²) >= 11 is 5.92. The highest BCUT2D eigenvalue weighted by molar-refractivity contribution is 6.31. The maximum absolute atomic E-state index is 13.2. The van der Waals surface area contributed by atoms with E-state index in [1.165, 1.54) is 31.7 Å². The van der Waals surface area contributed by atoms with Crippen molar-refractivity contribution in [3.63, 3.8) is 0 Å². The molecule has 0 aromatic heterocycles. The molecule has 1 aromatic carbocycles.